The summed E-state index contributed by atoms with van der Waals surface area (Å²) in [6.45, 7) is 5.62. The zero-order chi connectivity index (χ0) is 7.14. The molecule has 3 saturated heterocycles. The molecule has 2 atom stereocenters. The van der Waals surface area contributed by atoms with Crippen molar-refractivity contribution in [2.24, 2.45) is 0 Å². The van der Waals surface area contributed by atoms with Crippen LogP contribution in [0.3, 0.4) is 0 Å². The maximum Gasteiger partial charge on any atom is 0.161 e. The van der Waals surface area contributed by atoms with Gasteiger partial charge in [-0.1, -0.05) is 0 Å². The van der Waals surface area contributed by atoms with Crippen LogP contribution in [-0.4, -0.2) is 48.8 Å². The first kappa shape index (κ1) is 6.16. The van der Waals surface area contributed by atoms with Crippen molar-refractivity contribution in [3.63, 3.8) is 0 Å². The maximum absolute atomic E-state index is 5.32. The molecule has 56 valence electrons. The Bertz CT molecular complexity index is 155. The second-order valence-electron chi connectivity index (χ2n) is 3.12. The fourth-order valence-corrected chi connectivity index (χ4v) is 1.88. The minimum atomic E-state index is 0.612. The van der Waals surface area contributed by atoms with Gasteiger partial charge >= 0.3 is 0 Å². The third-order valence-corrected chi connectivity index (χ3v) is 2.31. The SMILES string of the molecule is C=[N+](C)N1C2COCC1C2. The van der Waals surface area contributed by atoms with Crippen LogP contribution >= 0.6 is 0 Å². The lowest BCUT2D eigenvalue weighted by molar-refractivity contribution is -0.703. The highest BCUT2D eigenvalue weighted by Gasteiger charge is 2.47. The van der Waals surface area contributed by atoms with E-state index in [4.69, 9.17) is 4.74 Å². The van der Waals surface area contributed by atoms with Crippen molar-refractivity contribution in [2.45, 2.75) is 18.5 Å². The number of hydrazone groups is 1. The summed E-state index contributed by atoms with van der Waals surface area (Å²) in [5.74, 6) is 0. The lowest BCUT2D eigenvalue weighted by Gasteiger charge is -2.47. The molecular formula is C7H13N2O+. The Labute approximate surface area is 60.9 Å². The first-order valence-electron chi connectivity index (χ1n) is 3.69. The fraction of sp³-hybridized carbons (Fsp3) is 0.857. The van der Waals surface area contributed by atoms with Gasteiger partial charge < -0.3 is 4.74 Å². The van der Waals surface area contributed by atoms with E-state index in [1.165, 1.54) is 6.42 Å². The summed E-state index contributed by atoms with van der Waals surface area (Å²) >= 11 is 0. The van der Waals surface area contributed by atoms with Crippen molar-refractivity contribution in [1.82, 2.24) is 5.01 Å². The molecule has 10 heavy (non-hydrogen) atoms. The maximum atomic E-state index is 5.32. The number of hydrogen-bond acceptors (Lipinski definition) is 2. The van der Waals surface area contributed by atoms with Crippen LogP contribution in [0.15, 0.2) is 0 Å². The van der Waals surface area contributed by atoms with Gasteiger partial charge in [0.15, 0.2) is 13.8 Å². The molecule has 0 aromatic heterocycles. The van der Waals surface area contributed by atoms with Crippen LogP contribution in [-0.2, 0) is 4.74 Å². The second kappa shape index (κ2) is 1.95. The molecule has 3 heteroatoms. The normalized spacial score (nSPS) is 37.1. The van der Waals surface area contributed by atoms with Gasteiger partial charge in [0.1, 0.15) is 12.1 Å². The average molecular weight is 141 g/mol. The second-order valence-corrected chi connectivity index (χ2v) is 3.12. The van der Waals surface area contributed by atoms with Gasteiger partial charge in [0.05, 0.1) is 13.2 Å². The van der Waals surface area contributed by atoms with E-state index in [-0.39, 0.29) is 0 Å². The zero-order valence-electron chi connectivity index (χ0n) is 6.29. The first-order valence-corrected chi connectivity index (χ1v) is 3.69. The number of fused-ring (bicyclic) bond motifs is 2. The molecule has 3 rings (SSSR count). The molecule has 0 aromatic carbocycles. The highest BCUT2D eigenvalue weighted by molar-refractivity contribution is 5.14. The summed E-state index contributed by atoms with van der Waals surface area (Å²) in [6.07, 6.45) is 1.29. The van der Waals surface area contributed by atoms with Gasteiger partial charge in [-0.25, -0.2) is 0 Å². The van der Waals surface area contributed by atoms with Gasteiger partial charge in [0.2, 0.25) is 0 Å². The Morgan fingerprint density at radius 3 is 2.40 bits per heavy atom. The van der Waals surface area contributed by atoms with Crippen LogP contribution < -0.4 is 0 Å². The number of nitrogens with zero attached hydrogens (tertiary/aromatic N) is 2. The highest BCUT2D eigenvalue weighted by atomic mass is 16.5. The number of morpholine rings is 1. The monoisotopic (exact) mass is 141 g/mol. The Kier molecular flexibility index (Phi) is 1.20. The van der Waals surface area contributed by atoms with E-state index in [1.54, 1.807) is 0 Å². The molecule has 2 bridgehead atoms. The van der Waals surface area contributed by atoms with E-state index < -0.39 is 0 Å². The van der Waals surface area contributed by atoms with Crippen molar-refractivity contribution in [1.29, 1.82) is 0 Å². The van der Waals surface area contributed by atoms with Crippen molar-refractivity contribution in [2.75, 3.05) is 20.3 Å². The third kappa shape index (κ3) is 0.669. The van der Waals surface area contributed by atoms with Crippen LogP contribution in [0.2, 0.25) is 0 Å². The van der Waals surface area contributed by atoms with Gasteiger partial charge in [-0.05, 0) is 0 Å². The predicted molar refractivity (Wildman–Crippen MR) is 38.2 cm³/mol. The van der Waals surface area contributed by atoms with Gasteiger partial charge in [0, 0.05) is 6.42 Å². The van der Waals surface area contributed by atoms with E-state index in [2.05, 4.69) is 11.7 Å². The molecule has 0 spiro atoms. The molecule has 0 saturated carbocycles. The van der Waals surface area contributed by atoms with Crippen LogP contribution in [0.4, 0.5) is 0 Å². The van der Waals surface area contributed by atoms with Crippen LogP contribution in [0.1, 0.15) is 6.42 Å². The molecule has 2 unspecified atom stereocenters. The molecule has 0 aliphatic carbocycles. The molecule has 0 aromatic rings. The summed E-state index contributed by atoms with van der Waals surface area (Å²) in [5.41, 5.74) is 0. The van der Waals surface area contributed by atoms with E-state index in [9.17, 15) is 0 Å². The largest absolute Gasteiger partial charge is 0.377 e. The van der Waals surface area contributed by atoms with Crippen LogP contribution in [0, 0.1) is 0 Å². The lowest BCUT2D eigenvalue weighted by Crippen LogP contribution is -2.66. The Hall–Kier alpha value is -0.570. The number of hydrazine groups is 1. The number of hydrogen-bond donors (Lipinski definition) is 0. The van der Waals surface area contributed by atoms with Crippen molar-refractivity contribution in [3.8, 4) is 0 Å². The smallest absolute Gasteiger partial charge is 0.161 e. The van der Waals surface area contributed by atoms with Gasteiger partial charge in [0.25, 0.3) is 0 Å². The minimum Gasteiger partial charge on any atom is -0.377 e. The minimum absolute atomic E-state index is 0.612. The summed E-state index contributed by atoms with van der Waals surface area (Å²) < 4.78 is 7.25. The fourth-order valence-electron chi connectivity index (χ4n) is 1.88. The van der Waals surface area contributed by atoms with Crippen LogP contribution in [0.25, 0.3) is 0 Å². The first-order chi connectivity index (χ1) is 4.79. The zero-order valence-corrected chi connectivity index (χ0v) is 6.29. The van der Waals surface area contributed by atoms with Gasteiger partial charge in [-0.2, -0.15) is 5.01 Å². The summed E-state index contributed by atoms with van der Waals surface area (Å²) in [5, 5.41) is 2.30. The molecule has 3 heterocycles. The van der Waals surface area contributed by atoms with Gasteiger partial charge in [-0.3, -0.25) is 0 Å². The van der Waals surface area contributed by atoms with Crippen molar-refractivity contribution < 1.29 is 9.42 Å². The Morgan fingerprint density at radius 2 is 2.10 bits per heavy atom. The van der Waals surface area contributed by atoms with Crippen molar-refractivity contribution >= 4 is 6.72 Å². The molecule has 0 amide bonds. The summed E-state index contributed by atoms with van der Waals surface area (Å²) in [4.78, 5) is 0. The van der Waals surface area contributed by atoms with Crippen molar-refractivity contribution in [3.05, 3.63) is 0 Å². The molecule has 0 N–H and O–H groups in total. The molecule has 3 aliphatic heterocycles. The molecule has 0 radical (unpaired) electrons. The molecule has 3 aliphatic rings. The Balaban J connectivity index is 2.06. The number of ether oxygens (including phenoxy) is 1. The highest BCUT2D eigenvalue weighted by Crippen LogP contribution is 2.29. The van der Waals surface area contributed by atoms with Gasteiger partial charge in [-0.15, -0.1) is 4.68 Å². The average Bonchev–Trinajstić information content (AvgIpc) is 1.87. The standard InChI is InChI=1S/C7H13N2O/c1-8(2)9-6-3-7(9)5-10-4-6/h6-7H,1,3-5H2,2H3/q+1. The quantitative estimate of drug-likeness (QED) is 0.368. The third-order valence-electron chi connectivity index (χ3n) is 2.31. The van der Waals surface area contributed by atoms with Crippen LogP contribution in [0.5, 0.6) is 0 Å². The lowest BCUT2D eigenvalue weighted by atomic mass is 9.94. The van der Waals surface area contributed by atoms with E-state index >= 15 is 0 Å². The molecule has 3 nitrogen and oxygen atoms in total. The summed E-state index contributed by atoms with van der Waals surface area (Å²) in [7, 11) is 1.99. The van der Waals surface area contributed by atoms with E-state index in [1.807, 2.05) is 11.7 Å². The molecule has 3 fully saturated rings. The van der Waals surface area contributed by atoms with E-state index in [0.29, 0.717) is 12.1 Å². The summed E-state index contributed by atoms with van der Waals surface area (Å²) in [6, 6.07) is 1.22. The topological polar surface area (TPSA) is 15.5 Å². The van der Waals surface area contributed by atoms with E-state index in [0.717, 1.165) is 13.2 Å². The predicted octanol–water partition coefficient (Wildman–Crippen LogP) is -0.283. The Morgan fingerprint density at radius 1 is 1.50 bits per heavy atom. The number of rotatable bonds is 1. The molecular weight excluding hydrogens is 128 g/mol.